The fourth-order valence-electron chi connectivity index (χ4n) is 3.94. The molecule has 0 N–H and O–H groups in total. The standard InChI is InChI=1S/C20H26N4O5S/c1-28-16-6-7-18(29-2)19(14-16)30(26,27)23-11-9-22(10-12-23)20(25)17-13-15-5-3-4-8-24(15)21-17/h6-7,13-14H,3-5,8-12H2,1-2H3. The lowest BCUT2D eigenvalue weighted by Crippen LogP contribution is -2.50. The van der Waals surface area contributed by atoms with Gasteiger partial charge in [-0.15, -0.1) is 0 Å². The summed E-state index contributed by atoms with van der Waals surface area (Å²) in [6, 6.07) is 6.55. The van der Waals surface area contributed by atoms with Crippen LogP contribution in [0.3, 0.4) is 0 Å². The van der Waals surface area contributed by atoms with Crippen LogP contribution < -0.4 is 9.47 Å². The fraction of sp³-hybridized carbons (Fsp3) is 0.500. The van der Waals surface area contributed by atoms with Crippen molar-refractivity contribution in [1.29, 1.82) is 0 Å². The van der Waals surface area contributed by atoms with Gasteiger partial charge in [-0.2, -0.15) is 9.40 Å². The van der Waals surface area contributed by atoms with Crippen molar-refractivity contribution in [1.82, 2.24) is 19.0 Å². The number of piperazine rings is 1. The van der Waals surface area contributed by atoms with Gasteiger partial charge in [0.05, 0.1) is 14.2 Å². The number of amides is 1. The van der Waals surface area contributed by atoms with E-state index >= 15 is 0 Å². The lowest BCUT2D eigenvalue weighted by molar-refractivity contribution is 0.0691. The van der Waals surface area contributed by atoms with Gasteiger partial charge in [-0.3, -0.25) is 9.48 Å². The van der Waals surface area contributed by atoms with Gasteiger partial charge in [-0.25, -0.2) is 8.42 Å². The van der Waals surface area contributed by atoms with Crippen molar-refractivity contribution >= 4 is 15.9 Å². The molecule has 9 nitrogen and oxygen atoms in total. The minimum atomic E-state index is -3.78. The van der Waals surface area contributed by atoms with Crippen LogP contribution in [-0.2, 0) is 23.0 Å². The van der Waals surface area contributed by atoms with Crippen LogP contribution >= 0.6 is 0 Å². The topological polar surface area (TPSA) is 94.0 Å². The van der Waals surface area contributed by atoms with E-state index < -0.39 is 10.0 Å². The summed E-state index contributed by atoms with van der Waals surface area (Å²) in [5.41, 5.74) is 1.54. The zero-order chi connectivity index (χ0) is 21.3. The highest BCUT2D eigenvalue weighted by molar-refractivity contribution is 7.89. The summed E-state index contributed by atoms with van der Waals surface area (Å²) in [7, 11) is -0.868. The molecule has 4 rings (SSSR count). The van der Waals surface area contributed by atoms with E-state index in [4.69, 9.17) is 9.47 Å². The van der Waals surface area contributed by atoms with Crippen molar-refractivity contribution in [2.24, 2.45) is 0 Å². The van der Waals surface area contributed by atoms with Crippen LogP contribution in [0, 0.1) is 0 Å². The van der Waals surface area contributed by atoms with Crippen molar-refractivity contribution in [3.05, 3.63) is 35.7 Å². The number of carbonyl (C=O) groups is 1. The Balaban J connectivity index is 1.47. The molecule has 1 saturated heterocycles. The molecule has 10 heteroatoms. The third-order valence-corrected chi connectivity index (χ3v) is 7.57. The van der Waals surface area contributed by atoms with Crippen LogP contribution in [0.2, 0.25) is 0 Å². The molecule has 0 aliphatic carbocycles. The molecule has 2 aliphatic rings. The number of fused-ring (bicyclic) bond motifs is 1. The second kappa shape index (κ2) is 8.27. The van der Waals surface area contributed by atoms with Crippen molar-refractivity contribution < 1.29 is 22.7 Å². The summed E-state index contributed by atoms with van der Waals surface area (Å²) >= 11 is 0. The van der Waals surface area contributed by atoms with Crippen molar-refractivity contribution in [2.45, 2.75) is 30.7 Å². The molecule has 30 heavy (non-hydrogen) atoms. The number of rotatable bonds is 5. The summed E-state index contributed by atoms with van der Waals surface area (Å²) < 4.78 is 40.1. The molecule has 0 unspecified atom stereocenters. The number of aryl methyl sites for hydroxylation is 2. The van der Waals surface area contributed by atoms with E-state index in [1.807, 2.05) is 10.7 Å². The summed E-state index contributed by atoms with van der Waals surface area (Å²) in [6.07, 6.45) is 3.13. The molecule has 0 spiro atoms. The first-order valence-electron chi connectivity index (χ1n) is 10.0. The van der Waals surface area contributed by atoms with E-state index in [1.54, 1.807) is 17.0 Å². The predicted octanol–water partition coefficient (Wildman–Crippen LogP) is 1.38. The zero-order valence-electron chi connectivity index (χ0n) is 17.2. The molecule has 0 saturated carbocycles. The number of aromatic nitrogens is 2. The average molecular weight is 435 g/mol. The second-order valence-corrected chi connectivity index (χ2v) is 9.32. The van der Waals surface area contributed by atoms with Gasteiger partial charge >= 0.3 is 0 Å². The molecule has 0 radical (unpaired) electrons. The molecule has 0 atom stereocenters. The molecule has 3 heterocycles. The van der Waals surface area contributed by atoms with Gasteiger partial charge in [0.25, 0.3) is 5.91 Å². The van der Waals surface area contributed by atoms with E-state index in [1.165, 1.54) is 24.6 Å². The Hall–Kier alpha value is -2.59. The van der Waals surface area contributed by atoms with Crippen LogP contribution in [0.5, 0.6) is 11.5 Å². The SMILES string of the molecule is COc1ccc(OC)c(S(=O)(=O)N2CCN(C(=O)c3cc4n(n3)CCCC4)CC2)c1. The van der Waals surface area contributed by atoms with Gasteiger partial charge in [0.2, 0.25) is 10.0 Å². The number of nitrogens with zero attached hydrogens (tertiary/aromatic N) is 4. The molecule has 1 aromatic heterocycles. The van der Waals surface area contributed by atoms with Crippen molar-refractivity contribution in [2.75, 3.05) is 40.4 Å². The second-order valence-electron chi connectivity index (χ2n) is 7.41. The summed E-state index contributed by atoms with van der Waals surface area (Å²) in [4.78, 5) is 14.6. The summed E-state index contributed by atoms with van der Waals surface area (Å²) in [5, 5.41) is 4.45. The van der Waals surface area contributed by atoms with E-state index in [0.29, 0.717) is 24.5 Å². The number of benzene rings is 1. The van der Waals surface area contributed by atoms with Crippen LogP contribution in [-0.4, -0.2) is 73.7 Å². The number of carbonyl (C=O) groups excluding carboxylic acids is 1. The number of ether oxygens (including phenoxy) is 2. The first-order valence-corrected chi connectivity index (χ1v) is 11.5. The highest BCUT2D eigenvalue weighted by Crippen LogP contribution is 2.31. The van der Waals surface area contributed by atoms with E-state index in [9.17, 15) is 13.2 Å². The molecular weight excluding hydrogens is 408 g/mol. The number of sulfonamides is 1. The Morgan fingerprint density at radius 1 is 1.00 bits per heavy atom. The minimum Gasteiger partial charge on any atom is -0.497 e. The third kappa shape index (κ3) is 3.77. The lowest BCUT2D eigenvalue weighted by Gasteiger charge is -2.33. The monoisotopic (exact) mass is 434 g/mol. The predicted molar refractivity (Wildman–Crippen MR) is 109 cm³/mol. The highest BCUT2D eigenvalue weighted by Gasteiger charge is 2.33. The van der Waals surface area contributed by atoms with Gasteiger partial charge in [0.15, 0.2) is 5.69 Å². The van der Waals surface area contributed by atoms with E-state index in [0.717, 1.165) is 31.5 Å². The number of hydrogen-bond acceptors (Lipinski definition) is 6. The average Bonchev–Trinajstić information content (AvgIpc) is 3.22. The number of hydrogen-bond donors (Lipinski definition) is 0. The Morgan fingerprint density at radius 2 is 1.77 bits per heavy atom. The fourth-order valence-corrected chi connectivity index (χ4v) is 5.53. The maximum Gasteiger partial charge on any atom is 0.274 e. The molecule has 0 bridgehead atoms. The van der Waals surface area contributed by atoms with Crippen LogP contribution in [0.1, 0.15) is 29.0 Å². The Bertz CT molecular complexity index is 1020. The largest absolute Gasteiger partial charge is 0.497 e. The lowest BCUT2D eigenvalue weighted by atomic mass is 10.1. The minimum absolute atomic E-state index is 0.0610. The van der Waals surface area contributed by atoms with Gasteiger partial charge < -0.3 is 14.4 Å². The van der Waals surface area contributed by atoms with Gasteiger partial charge in [-0.1, -0.05) is 0 Å². The van der Waals surface area contributed by atoms with Crippen LogP contribution in [0.15, 0.2) is 29.2 Å². The molecular formula is C20H26N4O5S. The zero-order valence-corrected chi connectivity index (χ0v) is 18.0. The quantitative estimate of drug-likeness (QED) is 0.706. The van der Waals surface area contributed by atoms with Crippen molar-refractivity contribution in [3.63, 3.8) is 0 Å². The third-order valence-electron chi connectivity index (χ3n) is 5.65. The molecule has 1 aromatic carbocycles. The summed E-state index contributed by atoms with van der Waals surface area (Å²) in [5.74, 6) is 0.553. The molecule has 1 fully saturated rings. The maximum absolute atomic E-state index is 13.2. The summed E-state index contributed by atoms with van der Waals surface area (Å²) in [6.45, 7) is 1.89. The van der Waals surface area contributed by atoms with E-state index in [2.05, 4.69) is 5.10 Å². The van der Waals surface area contributed by atoms with Gasteiger partial charge in [-0.05, 0) is 37.5 Å². The highest BCUT2D eigenvalue weighted by atomic mass is 32.2. The molecule has 2 aliphatic heterocycles. The first kappa shape index (κ1) is 20.7. The van der Waals surface area contributed by atoms with Gasteiger partial charge in [0.1, 0.15) is 16.4 Å². The smallest absolute Gasteiger partial charge is 0.274 e. The normalized spacial score (nSPS) is 17.5. The van der Waals surface area contributed by atoms with Crippen molar-refractivity contribution in [3.8, 4) is 11.5 Å². The van der Waals surface area contributed by atoms with Crippen LogP contribution in [0.4, 0.5) is 0 Å². The Morgan fingerprint density at radius 3 is 2.43 bits per heavy atom. The number of methoxy groups -OCH3 is 2. The Kier molecular flexibility index (Phi) is 5.70. The van der Waals surface area contributed by atoms with Crippen LogP contribution in [0.25, 0.3) is 0 Å². The molecule has 2 aromatic rings. The van der Waals surface area contributed by atoms with E-state index in [-0.39, 0.29) is 29.6 Å². The van der Waals surface area contributed by atoms with Gasteiger partial charge in [0, 0.05) is 44.5 Å². The maximum atomic E-state index is 13.2. The Labute approximate surface area is 176 Å². The first-order chi connectivity index (χ1) is 14.4. The molecule has 162 valence electrons. The molecule has 1 amide bonds.